The Morgan fingerprint density at radius 2 is 2.06 bits per heavy atom. The van der Waals surface area contributed by atoms with Crippen molar-refractivity contribution in [2.75, 3.05) is 5.73 Å². The van der Waals surface area contributed by atoms with Crippen LogP contribution in [0.3, 0.4) is 0 Å². The van der Waals surface area contributed by atoms with Crippen molar-refractivity contribution in [2.45, 2.75) is 19.8 Å². The third kappa shape index (κ3) is 1.94. The minimum Gasteiger partial charge on any atom is -0.402 e. The van der Waals surface area contributed by atoms with Gasteiger partial charge in [0.2, 0.25) is 0 Å². The first-order valence-corrected chi connectivity index (χ1v) is 6.41. The highest BCUT2D eigenvalue weighted by atomic mass is 79.9. The molecule has 0 spiro atoms. The van der Waals surface area contributed by atoms with Crippen LogP contribution in [-0.2, 0) is 0 Å². The summed E-state index contributed by atoms with van der Waals surface area (Å²) >= 11 is 9.45. The first kappa shape index (κ1) is 11.8. The molecule has 1 aliphatic rings. The van der Waals surface area contributed by atoms with Crippen LogP contribution in [0.15, 0.2) is 22.3 Å². The van der Waals surface area contributed by atoms with Crippen LogP contribution >= 0.6 is 27.5 Å². The molecule has 0 saturated carbocycles. The van der Waals surface area contributed by atoms with Crippen molar-refractivity contribution >= 4 is 38.8 Å². The van der Waals surface area contributed by atoms with Crippen LogP contribution in [0.5, 0.6) is 0 Å². The quantitative estimate of drug-likeness (QED) is 0.776. The van der Waals surface area contributed by atoms with Crippen LogP contribution in [-0.4, -0.2) is 0 Å². The zero-order chi connectivity index (χ0) is 11.9. The monoisotopic (exact) mass is 300 g/mol. The summed E-state index contributed by atoms with van der Waals surface area (Å²) < 4.78 is 0.820. The molecule has 1 aliphatic carbocycles. The normalized spacial score (nSPS) is 20.6. The molecule has 0 bridgehead atoms. The molecule has 0 fully saturated rings. The number of benzene rings is 1. The zero-order valence-corrected chi connectivity index (χ0v) is 11.4. The van der Waals surface area contributed by atoms with Crippen molar-refractivity contribution in [1.29, 1.82) is 0 Å². The maximum atomic E-state index is 6.09. The molecular formula is C12H14BrClN2. The van der Waals surface area contributed by atoms with E-state index in [9.17, 15) is 0 Å². The highest BCUT2D eigenvalue weighted by molar-refractivity contribution is 9.10. The van der Waals surface area contributed by atoms with Crippen LogP contribution in [0.25, 0.3) is 5.57 Å². The van der Waals surface area contributed by atoms with Crippen molar-refractivity contribution in [3.63, 3.8) is 0 Å². The maximum Gasteiger partial charge on any atom is 0.0555 e. The second-order valence-corrected chi connectivity index (χ2v) is 5.49. The van der Waals surface area contributed by atoms with Crippen LogP contribution in [0.2, 0.25) is 5.02 Å². The van der Waals surface area contributed by atoms with Crippen LogP contribution in [0.1, 0.15) is 25.3 Å². The smallest absolute Gasteiger partial charge is 0.0555 e. The Balaban J connectivity index is 2.56. The van der Waals surface area contributed by atoms with Crippen molar-refractivity contribution < 1.29 is 0 Å². The van der Waals surface area contributed by atoms with Crippen molar-refractivity contribution in [2.24, 2.45) is 11.7 Å². The molecule has 0 radical (unpaired) electrons. The third-order valence-corrected chi connectivity index (χ3v) is 4.27. The summed E-state index contributed by atoms with van der Waals surface area (Å²) in [6.07, 6.45) is 2.04. The standard InChI is InChI=1S/C12H14BrClN2/c1-6-2-3-10(15)12(6)7-4-9(14)8(13)5-11(7)16/h4-6H,2-3,15-16H2,1H3. The van der Waals surface area contributed by atoms with E-state index in [1.54, 1.807) is 0 Å². The van der Waals surface area contributed by atoms with E-state index in [-0.39, 0.29) is 0 Å². The van der Waals surface area contributed by atoms with Gasteiger partial charge < -0.3 is 11.5 Å². The van der Waals surface area contributed by atoms with Gasteiger partial charge in [-0.25, -0.2) is 0 Å². The summed E-state index contributed by atoms with van der Waals surface area (Å²) in [6, 6.07) is 3.73. The fourth-order valence-electron chi connectivity index (χ4n) is 2.20. The highest BCUT2D eigenvalue weighted by Crippen LogP contribution is 2.41. The fourth-order valence-corrected chi connectivity index (χ4v) is 2.73. The molecule has 1 unspecified atom stereocenters. The van der Waals surface area contributed by atoms with Gasteiger partial charge in [0.15, 0.2) is 0 Å². The van der Waals surface area contributed by atoms with Gasteiger partial charge >= 0.3 is 0 Å². The number of hydrogen-bond acceptors (Lipinski definition) is 2. The summed E-state index contributed by atoms with van der Waals surface area (Å²) in [5.41, 5.74) is 15.9. The number of nitrogen functional groups attached to an aromatic ring is 1. The van der Waals surface area contributed by atoms with Crippen molar-refractivity contribution in [1.82, 2.24) is 0 Å². The van der Waals surface area contributed by atoms with Crippen molar-refractivity contribution in [3.8, 4) is 0 Å². The average molecular weight is 302 g/mol. The van der Waals surface area contributed by atoms with E-state index < -0.39 is 0 Å². The maximum absolute atomic E-state index is 6.09. The Bertz CT molecular complexity index is 468. The number of rotatable bonds is 1. The van der Waals surface area contributed by atoms with Crippen LogP contribution in [0, 0.1) is 5.92 Å². The van der Waals surface area contributed by atoms with E-state index >= 15 is 0 Å². The van der Waals surface area contributed by atoms with Gasteiger partial charge in [-0.1, -0.05) is 18.5 Å². The summed E-state index contributed by atoms with van der Waals surface area (Å²) in [4.78, 5) is 0. The molecule has 86 valence electrons. The van der Waals surface area contributed by atoms with Gasteiger partial charge in [-0.05, 0) is 52.4 Å². The van der Waals surface area contributed by atoms with Crippen LogP contribution < -0.4 is 11.5 Å². The number of nitrogens with two attached hydrogens (primary N) is 2. The molecule has 0 saturated heterocycles. The molecule has 4 N–H and O–H groups in total. The number of allylic oxidation sites excluding steroid dienone is 2. The first-order valence-electron chi connectivity index (χ1n) is 5.24. The molecule has 0 aliphatic heterocycles. The second-order valence-electron chi connectivity index (χ2n) is 4.23. The molecule has 2 rings (SSSR count). The van der Waals surface area contributed by atoms with E-state index in [2.05, 4.69) is 22.9 Å². The predicted molar refractivity (Wildman–Crippen MR) is 73.1 cm³/mol. The van der Waals surface area contributed by atoms with Gasteiger partial charge in [0.05, 0.1) is 5.02 Å². The molecule has 4 heteroatoms. The lowest BCUT2D eigenvalue weighted by molar-refractivity contribution is 0.709. The topological polar surface area (TPSA) is 52.0 Å². The molecule has 1 aromatic carbocycles. The largest absolute Gasteiger partial charge is 0.402 e. The lowest BCUT2D eigenvalue weighted by Gasteiger charge is -2.14. The van der Waals surface area contributed by atoms with Gasteiger partial charge in [0.25, 0.3) is 0 Å². The Labute approximate surface area is 109 Å². The minimum atomic E-state index is 0.458. The molecule has 2 nitrogen and oxygen atoms in total. The van der Waals surface area contributed by atoms with Gasteiger partial charge in [0, 0.05) is 21.4 Å². The molecule has 1 atom stereocenters. The lowest BCUT2D eigenvalue weighted by Crippen LogP contribution is -2.02. The molecule has 16 heavy (non-hydrogen) atoms. The van der Waals surface area contributed by atoms with E-state index in [1.165, 1.54) is 0 Å². The first-order chi connectivity index (χ1) is 7.50. The Morgan fingerprint density at radius 1 is 1.38 bits per heavy atom. The number of halogens is 2. The number of anilines is 1. The molecular weight excluding hydrogens is 288 g/mol. The minimum absolute atomic E-state index is 0.458. The molecule has 0 amide bonds. The summed E-state index contributed by atoms with van der Waals surface area (Å²) in [5, 5.41) is 0.670. The van der Waals surface area contributed by atoms with Crippen LogP contribution in [0.4, 0.5) is 5.69 Å². The summed E-state index contributed by atoms with van der Waals surface area (Å²) in [7, 11) is 0. The highest BCUT2D eigenvalue weighted by Gasteiger charge is 2.23. The van der Waals surface area contributed by atoms with Gasteiger partial charge in [0.1, 0.15) is 0 Å². The fraction of sp³-hybridized carbons (Fsp3) is 0.333. The SMILES string of the molecule is CC1CCC(N)=C1c1cc(Cl)c(Br)cc1N. The van der Waals surface area contributed by atoms with Crippen molar-refractivity contribution in [3.05, 3.63) is 32.9 Å². The van der Waals surface area contributed by atoms with E-state index in [0.29, 0.717) is 10.9 Å². The summed E-state index contributed by atoms with van der Waals surface area (Å²) in [6.45, 7) is 2.17. The molecule has 0 aromatic heterocycles. The Hall–Kier alpha value is -0.670. The Morgan fingerprint density at radius 3 is 2.62 bits per heavy atom. The van der Waals surface area contributed by atoms with E-state index in [0.717, 1.165) is 39.8 Å². The number of hydrogen-bond donors (Lipinski definition) is 2. The van der Waals surface area contributed by atoms with Gasteiger partial charge in [-0.2, -0.15) is 0 Å². The zero-order valence-electron chi connectivity index (χ0n) is 9.06. The Kier molecular flexibility index (Phi) is 3.17. The average Bonchev–Trinajstić information content (AvgIpc) is 2.53. The van der Waals surface area contributed by atoms with Gasteiger partial charge in [-0.3, -0.25) is 0 Å². The third-order valence-electron chi connectivity index (χ3n) is 3.07. The van der Waals surface area contributed by atoms with E-state index in [1.807, 2.05) is 12.1 Å². The van der Waals surface area contributed by atoms with Gasteiger partial charge in [-0.15, -0.1) is 0 Å². The lowest BCUT2D eigenvalue weighted by atomic mass is 9.95. The summed E-state index contributed by atoms with van der Waals surface area (Å²) in [5.74, 6) is 0.458. The van der Waals surface area contributed by atoms with E-state index in [4.69, 9.17) is 23.1 Å². The predicted octanol–water partition coefficient (Wildman–Crippen LogP) is 3.78. The molecule has 0 heterocycles. The second kappa shape index (κ2) is 4.30. The molecule has 1 aromatic rings.